The second kappa shape index (κ2) is 32.1. The van der Waals surface area contributed by atoms with Crippen LogP contribution in [0.25, 0.3) is 22.3 Å². The summed E-state index contributed by atoms with van der Waals surface area (Å²) in [5.41, 5.74) is 12.3. The van der Waals surface area contributed by atoms with E-state index in [1.54, 1.807) is 39.4 Å². The summed E-state index contributed by atoms with van der Waals surface area (Å²) in [6.07, 6.45) is -10.4. The maximum Gasteiger partial charge on any atom is 0.330 e. The van der Waals surface area contributed by atoms with Gasteiger partial charge in [-0.25, -0.2) is 39.5 Å². The van der Waals surface area contributed by atoms with Gasteiger partial charge in [0, 0.05) is 46.5 Å². The zero-order chi connectivity index (χ0) is 84.7. The highest BCUT2D eigenvalue weighted by molar-refractivity contribution is 7.99. The monoisotopic (exact) mass is 1730 g/mol. The summed E-state index contributed by atoms with van der Waals surface area (Å²) in [7, 11) is -0.720. The molecule has 3 aromatic carbocycles. The second-order valence-corrected chi connectivity index (χ2v) is 42.3. The van der Waals surface area contributed by atoms with E-state index < -0.39 is 163 Å². The summed E-state index contributed by atoms with van der Waals surface area (Å²) >= 11 is 3.90. The standard InChI is InChI=1S/C82H102N14O20S3Si/c1-41(2)77(3,4)120(14,15)104-32-48-57-61(113-78(5,6)109-57)70(105-48)93-45(30-53(97)91-75(93)100)34-117-36-49-59-63(115-80(9,10)111-59)72(107-49)96-52(90-56-67(84)86-40-88-69(56)96)38-118-37-50-58-62(114-79(7,8)110-58)71(106-50)94-46(31-54(98)92-76(94)101)35-119-74(99)65-60-64(116-81(11,12)112-60)73(108-65)95-51(89-55-66(83)85-39-87-68(55)95)33-103-82(42-22-18-16-19-23-42,43-24-20-17-21-25-43)44-26-28-47(102-13)29-27-44/h16-31,39-41,48-50,57-65,70-74,99H,32-38H2,1-15H3,(H2,83,85,87)(H2,84,86,88)(H,91,97,100)(H,92,98,101)/t48-,49-,50-,57-,58-,59-,60+,61-,62-,63-,64-,65+,70-,71-,72-,73-,74?/m1/s1. The minimum atomic E-state index is -2.33. The molecule has 8 saturated heterocycles. The number of fused-ring (bicyclic) bond motifs is 6. The molecular formula is C82H102N14O20S3Si. The molecular weight excluding hydrogens is 1630 g/mol. The first-order chi connectivity index (χ1) is 57.0. The van der Waals surface area contributed by atoms with Crippen LogP contribution in [0, 0.1) is 5.92 Å². The number of aliphatic hydroxyl groups excluding tert-OH is 1. The zero-order valence-electron chi connectivity index (χ0n) is 69.3. The highest BCUT2D eigenvalue weighted by Gasteiger charge is 2.62. The Morgan fingerprint density at radius 3 is 1.45 bits per heavy atom. The number of aromatic amines is 2. The Bertz CT molecular complexity index is 5500. The number of methoxy groups -OCH3 is 1. The zero-order valence-corrected chi connectivity index (χ0v) is 72.7. The van der Waals surface area contributed by atoms with Crippen molar-refractivity contribution in [1.29, 1.82) is 0 Å². The molecule has 0 bridgehead atoms. The van der Waals surface area contributed by atoms with Gasteiger partial charge in [-0.2, -0.15) is 23.5 Å². The molecule has 8 fully saturated rings. The average molecular weight is 1730 g/mol. The molecule has 1 unspecified atom stereocenters. The summed E-state index contributed by atoms with van der Waals surface area (Å²) in [4.78, 5) is 88.6. The molecule has 34 nitrogen and oxygen atoms in total. The molecule has 6 aromatic heterocycles. The van der Waals surface area contributed by atoms with Gasteiger partial charge in [-0.15, -0.1) is 11.8 Å². The first kappa shape index (κ1) is 84.4. The molecule has 0 spiro atoms. The van der Waals surface area contributed by atoms with Crippen molar-refractivity contribution < 1.29 is 75.8 Å². The summed E-state index contributed by atoms with van der Waals surface area (Å²) in [5.74, 6) is -1.41. The highest BCUT2D eigenvalue weighted by Crippen LogP contribution is 2.53. The van der Waals surface area contributed by atoms with E-state index >= 15 is 0 Å². The topological polar surface area (TPSA) is 408 Å². The SMILES string of the molecule is COc1ccc(C(OCc2nc3c(N)ncnc3n2[C@@H]2O[C@H](C(O)SCc3cc(=O)[nH]c(=O)n3[C@@H]3O[C@H](CSCc4nc5c(N)ncnc5n4[C@@H]4O[C@H](CSCc5cc(=O)[nH]c(=O)n5[C@@H]5O[C@H](CO[Si](C)(C)C(C)(C)C(C)C)[C@H]6OC(C)(C)O[C@H]65)[C@H]5OC(C)(C)O[C@H]54)[C@H]4OC(C)(C)O[C@H]43)[C@H]3OC(C)(C)O[C@H]32)(c2ccccc2)c2ccccc2)cc1. The number of anilines is 2. The predicted octanol–water partition coefficient (Wildman–Crippen LogP) is 8.79. The third-order valence-corrected chi connectivity index (χ3v) is 32.1. The fourth-order valence-electron chi connectivity index (χ4n) is 17.7. The lowest BCUT2D eigenvalue weighted by Crippen LogP contribution is -2.47. The Balaban J connectivity index is 0.601. The third kappa shape index (κ3) is 15.6. The number of hydrogen-bond donors (Lipinski definition) is 5. The molecule has 0 aliphatic carbocycles. The molecule has 8 aliphatic rings. The van der Waals surface area contributed by atoms with E-state index in [2.05, 4.69) is 60.7 Å². The van der Waals surface area contributed by atoms with E-state index in [1.807, 2.05) is 117 Å². The maximum absolute atomic E-state index is 14.6. The van der Waals surface area contributed by atoms with Gasteiger partial charge in [-0.3, -0.25) is 37.8 Å². The maximum atomic E-state index is 14.6. The molecule has 14 heterocycles. The number of nitrogen functional groups attached to an aromatic ring is 2. The van der Waals surface area contributed by atoms with Crippen LogP contribution in [-0.4, -0.2) is 199 Å². The van der Waals surface area contributed by atoms with Crippen LogP contribution >= 0.6 is 35.3 Å². The van der Waals surface area contributed by atoms with Crippen LogP contribution in [0.5, 0.6) is 5.75 Å². The minimum absolute atomic E-state index is 0.0764. The van der Waals surface area contributed by atoms with Gasteiger partial charge in [0.2, 0.25) is 0 Å². The van der Waals surface area contributed by atoms with E-state index in [0.717, 1.165) is 28.5 Å². The van der Waals surface area contributed by atoms with Crippen LogP contribution in [0.2, 0.25) is 18.1 Å². The van der Waals surface area contributed by atoms with Crippen molar-refractivity contribution in [2.45, 2.75) is 257 Å². The number of rotatable bonds is 28. The van der Waals surface area contributed by atoms with Crippen molar-refractivity contribution in [1.82, 2.24) is 58.1 Å². The van der Waals surface area contributed by atoms with Gasteiger partial charge in [0.15, 0.2) is 90.3 Å². The molecule has 17 rings (SSSR count). The van der Waals surface area contributed by atoms with E-state index in [4.69, 9.17) is 102 Å². The summed E-state index contributed by atoms with van der Waals surface area (Å²) in [6.45, 7) is 27.8. The summed E-state index contributed by atoms with van der Waals surface area (Å²) in [6, 6.07) is 30.1. The lowest BCUT2D eigenvalue weighted by molar-refractivity contribution is -0.202. The molecule has 0 amide bonds. The van der Waals surface area contributed by atoms with Crippen molar-refractivity contribution in [3.8, 4) is 5.75 Å². The quantitative estimate of drug-likeness (QED) is 0.0174. The molecule has 7 N–H and O–H groups in total. The number of nitrogens with two attached hydrogens (primary N) is 2. The van der Waals surface area contributed by atoms with E-state index in [9.17, 15) is 24.3 Å². The number of benzene rings is 3. The van der Waals surface area contributed by atoms with Gasteiger partial charge in [-0.1, -0.05) is 100 Å². The van der Waals surface area contributed by atoms with Crippen LogP contribution in [0.15, 0.2) is 129 Å². The van der Waals surface area contributed by atoms with Crippen molar-refractivity contribution in [3.05, 3.63) is 191 Å². The first-order valence-corrected chi connectivity index (χ1v) is 46.5. The largest absolute Gasteiger partial charge is 0.497 e. The number of H-pyrrole nitrogens is 2. The smallest absolute Gasteiger partial charge is 0.330 e. The molecule has 8 aliphatic heterocycles. The third-order valence-electron chi connectivity index (χ3n) is 24.3. The highest BCUT2D eigenvalue weighted by atomic mass is 32.2. The molecule has 17 atom stereocenters. The van der Waals surface area contributed by atoms with Crippen molar-refractivity contribution in [2.24, 2.45) is 5.92 Å². The van der Waals surface area contributed by atoms with Crippen molar-refractivity contribution >= 4 is 77.6 Å². The van der Waals surface area contributed by atoms with E-state index in [1.165, 1.54) is 57.4 Å². The number of nitrogens with one attached hydrogen (secondary N) is 2. The van der Waals surface area contributed by atoms with Crippen LogP contribution in [0.4, 0.5) is 11.6 Å². The Labute approximate surface area is 704 Å². The van der Waals surface area contributed by atoms with Gasteiger partial charge in [0.25, 0.3) is 11.1 Å². The Morgan fingerprint density at radius 1 is 0.533 bits per heavy atom. The van der Waals surface area contributed by atoms with Gasteiger partial charge in [0.1, 0.15) is 109 Å². The number of imidazole rings is 2. The fraction of sp³-hybridized carbons (Fsp3) is 0.561. The average Bonchev–Trinajstić information content (AvgIpc) is 1.36. The molecule has 120 heavy (non-hydrogen) atoms. The fourth-order valence-corrected chi connectivity index (χ4v) is 23.1. The second-order valence-electron chi connectivity index (χ2n) is 34.6. The Hall–Kier alpha value is -7.81. The van der Waals surface area contributed by atoms with Gasteiger partial charge in [0.05, 0.1) is 31.7 Å². The number of thioether (sulfide) groups is 3. The normalized spacial score (nSPS) is 28.7. The lowest BCUT2D eigenvalue weighted by atomic mass is 9.80. The Morgan fingerprint density at radius 2 is 0.950 bits per heavy atom. The number of nitrogens with zero attached hydrogens (tertiary/aromatic N) is 10. The number of ether oxygens (including phenoxy) is 14. The summed E-state index contributed by atoms with van der Waals surface area (Å²) < 4.78 is 107. The van der Waals surface area contributed by atoms with Gasteiger partial charge < -0.3 is 87.3 Å². The van der Waals surface area contributed by atoms with Crippen molar-refractivity contribution in [3.63, 3.8) is 0 Å². The molecule has 0 saturated carbocycles. The van der Waals surface area contributed by atoms with Gasteiger partial charge >= 0.3 is 11.4 Å². The molecule has 38 heteroatoms. The predicted molar refractivity (Wildman–Crippen MR) is 446 cm³/mol. The number of aromatic nitrogens is 12. The molecule has 0 radical (unpaired) electrons. The van der Waals surface area contributed by atoms with Crippen molar-refractivity contribution in [2.75, 3.05) is 36.7 Å². The minimum Gasteiger partial charge on any atom is -0.497 e. The number of aliphatic hydroxyl groups is 1. The lowest BCUT2D eigenvalue weighted by Gasteiger charge is -2.43. The number of hydrogen-bond acceptors (Lipinski definition) is 31. The van der Waals surface area contributed by atoms with E-state index in [-0.39, 0.29) is 64.1 Å². The molecule has 642 valence electrons. The van der Waals surface area contributed by atoms with Crippen LogP contribution in [0.1, 0.15) is 148 Å². The van der Waals surface area contributed by atoms with Gasteiger partial charge in [-0.05, 0) is 108 Å². The summed E-state index contributed by atoms with van der Waals surface area (Å²) in [5, 5.41) is 12.6. The van der Waals surface area contributed by atoms with E-state index in [0.29, 0.717) is 51.6 Å². The van der Waals surface area contributed by atoms with Crippen LogP contribution in [-0.2, 0) is 95.5 Å². The van der Waals surface area contributed by atoms with Crippen LogP contribution < -0.4 is 38.7 Å². The Kier molecular flexibility index (Phi) is 22.6. The van der Waals surface area contributed by atoms with Crippen LogP contribution in [0.3, 0.4) is 0 Å². The first-order valence-electron chi connectivity index (χ1n) is 40.2. The molecule has 9 aromatic rings.